The molecule has 2 aliphatic heterocycles. The number of nitrogens with zero attached hydrogens (tertiary/aromatic N) is 4. The van der Waals surface area contributed by atoms with Gasteiger partial charge >= 0.3 is 0 Å². The first kappa shape index (κ1) is 26.9. The molecule has 0 aromatic heterocycles. The Kier molecular flexibility index (Phi) is 9.02. The van der Waals surface area contributed by atoms with E-state index in [4.69, 9.17) is 4.74 Å². The predicted octanol–water partition coefficient (Wildman–Crippen LogP) is 3.36. The summed E-state index contributed by atoms with van der Waals surface area (Å²) in [4.78, 5) is 17.7. The lowest BCUT2D eigenvalue weighted by atomic mass is 9.97. The van der Waals surface area contributed by atoms with Crippen molar-refractivity contribution in [1.29, 1.82) is 0 Å². The second-order valence-corrected chi connectivity index (χ2v) is 10.6. The van der Waals surface area contributed by atoms with E-state index in [9.17, 15) is 4.79 Å². The van der Waals surface area contributed by atoms with Crippen molar-refractivity contribution in [3.05, 3.63) is 48.0 Å². The first-order valence-corrected chi connectivity index (χ1v) is 13.2. The summed E-state index contributed by atoms with van der Waals surface area (Å²) in [5, 5.41) is 9.38. The van der Waals surface area contributed by atoms with Gasteiger partial charge in [-0.15, -0.1) is 10.2 Å². The summed E-state index contributed by atoms with van der Waals surface area (Å²) in [5.74, 6) is 1.73. The Morgan fingerprint density at radius 2 is 1.73 bits per heavy atom. The molecular formula is C28H41N7O2. The average molecular weight is 508 g/mol. The van der Waals surface area contributed by atoms with Gasteiger partial charge in [0, 0.05) is 38.8 Å². The highest BCUT2D eigenvalue weighted by molar-refractivity contribution is 6.05. The lowest BCUT2D eigenvalue weighted by molar-refractivity contribution is -0.118. The zero-order valence-corrected chi connectivity index (χ0v) is 22.8. The third-order valence-corrected chi connectivity index (χ3v) is 6.33. The van der Waals surface area contributed by atoms with Crippen LogP contribution in [0.4, 0.5) is 11.4 Å². The zero-order valence-electron chi connectivity index (χ0n) is 22.8. The molecule has 1 fully saturated rings. The number of amidine groups is 1. The Bertz CT molecular complexity index is 1090. The van der Waals surface area contributed by atoms with Gasteiger partial charge in [-0.25, -0.2) is 5.53 Å². The molecule has 200 valence electrons. The zero-order chi connectivity index (χ0) is 26.4. The van der Waals surface area contributed by atoms with Crippen molar-refractivity contribution in [1.82, 2.24) is 21.0 Å². The number of ether oxygens (including phenoxy) is 1. The summed E-state index contributed by atoms with van der Waals surface area (Å²) in [7, 11) is 1.87. The van der Waals surface area contributed by atoms with E-state index in [-0.39, 0.29) is 5.91 Å². The van der Waals surface area contributed by atoms with Gasteiger partial charge in [-0.1, -0.05) is 58.0 Å². The molecule has 4 rings (SSSR count). The van der Waals surface area contributed by atoms with Crippen molar-refractivity contribution in [2.75, 3.05) is 63.2 Å². The second kappa shape index (κ2) is 12.4. The lowest BCUT2D eigenvalue weighted by Gasteiger charge is -2.31. The van der Waals surface area contributed by atoms with Crippen LogP contribution in [0.2, 0.25) is 0 Å². The number of hydrogen-bond acceptors (Lipinski definition) is 8. The van der Waals surface area contributed by atoms with Crippen LogP contribution in [-0.2, 0) is 9.53 Å². The van der Waals surface area contributed by atoms with Gasteiger partial charge in [0.15, 0.2) is 5.84 Å². The molecule has 1 amide bonds. The maximum absolute atomic E-state index is 13.2. The van der Waals surface area contributed by atoms with Crippen LogP contribution < -0.4 is 21.2 Å². The molecule has 2 heterocycles. The van der Waals surface area contributed by atoms with Crippen LogP contribution in [0.3, 0.4) is 0 Å². The Balaban J connectivity index is 1.69. The second-order valence-electron chi connectivity index (χ2n) is 10.6. The molecule has 37 heavy (non-hydrogen) atoms. The van der Waals surface area contributed by atoms with Gasteiger partial charge in [0.25, 0.3) is 0 Å². The van der Waals surface area contributed by atoms with Crippen LogP contribution in [0.5, 0.6) is 0 Å². The highest BCUT2D eigenvalue weighted by atomic mass is 16.5. The Labute approximate surface area is 220 Å². The molecule has 2 aromatic carbocycles. The Morgan fingerprint density at radius 1 is 1.05 bits per heavy atom. The molecule has 3 N–H and O–H groups in total. The quantitative estimate of drug-likeness (QED) is 0.455. The minimum absolute atomic E-state index is 0.00436. The largest absolute Gasteiger partial charge is 0.379 e. The van der Waals surface area contributed by atoms with Crippen LogP contribution in [0.1, 0.15) is 33.3 Å². The van der Waals surface area contributed by atoms with E-state index in [2.05, 4.69) is 89.2 Å². The van der Waals surface area contributed by atoms with Gasteiger partial charge in [0.05, 0.1) is 31.1 Å². The van der Waals surface area contributed by atoms with E-state index in [1.54, 1.807) is 5.12 Å². The fourth-order valence-electron chi connectivity index (χ4n) is 4.78. The molecule has 0 saturated carbocycles. The van der Waals surface area contributed by atoms with Gasteiger partial charge in [-0.3, -0.25) is 15.1 Å². The molecule has 0 bridgehead atoms. The summed E-state index contributed by atoms with van der Waals surface area (Å²) in [6.45, 7) is 14.0. The van der Waals surface area contributed by atoms with Crippen LogP contribution in [-0.4, -0.2) is 74.7 Å². The summed E-state index contributed by atoms with van der Waals surface area (Å²) >= 11 is 0. The fraction of sp³-hybridized carbons (Fsp3) is 0.500. The number of benzene rings is 2. The van der Waals surface area contributed by atoms with Crippen LogP contribution >= 0.6 is 0 Å². The van der Waals surface area contributed by atoms with Crippen LogP contribution in [0.15, 0.2) is 47.6 Å². The van der Waals surface area contributed by atoms with Gasteiger partial charge in [-0.2, -0.15) is 0 Å². The van der Waals surface area contributed by atoms with E-state index < -0.39 is 0 Å². The van der Waals surface area contributed by atoms with Gasteiger partial charge in [-0.05, 0) is 35.1 Å². The van der Waals surface area contributed by atoms with Crippen molar-refractivity contribution >= 4 is 23.1 Å². The number of hydrogen-bond donors (Lipinski definition) is 3. The minimum Gasteiger partial charge on any atom is -0.379 e. The van der Waals surface area contributed by atoms with Crippen molar-refractivity contribution in [3.63, 3.8) is 0 Å². The molecule has 2 aromatic rings. The number of nitrogens with one attached hydrogen (secondary N) is 3. The number of anilines is 2. The molecule has 0 spiro atoms. The molecule has 9 nitrogen and oxygen atoms in total. The minimum atomic E-state index is -0.00436. The molecule has 9 heteroatoms. The Hall–Kier alpha value is -3.14. The maximum atomic E-state index is 13.2. The summed E-state index contributed by atoms with van der Waals surface area (Å²) in [6, 6.07) is 14.6. The molecule has 2 aliphatic rings. The number of hydrazone groups is 1. The molecular weight excluding hydrogens is 466 g/mol. The van der Waals surface area contributed by atoms with Gasteiger partial charge in [0.1, 0.15) is 0 Å². The molecule has 0 unspecified atom stereocenters. The van der Waals surface area contributed by atoms with Crippen molar-refractivity contribution in [2.45, 2.75) is 27.7 Å². The van der Waals surface area contributed by atoms with Crippen molar-refractivity contribution in [3.8, 4) is 11.1 Å². The fourth-order valence-corrected chi connectivity index (χ4v) is 4.78. The number of hydrazine groups is 2. The average Bonchev–Trinajstić information content (AvgIpc) is 3.29. The van der Waals surface area contributed by atoms with E-state index >= 15 is 0 Å². The Morgan fingerprint density at radius 3 is 2.35 bits per heavy atom. The number of carbonyl (C=O) groups excluding carboxylic acids is 1. The highest BCUT2D eigenvalue weighted by Gasteiger charge is 2.21. The smallest absolute Gasteiger partial charge is 0.238 e. The lowest BCUT2D eigenvalue weighted by Crippen LogP contribution is -2.41. The van der Waals surface area contributed by atoms with Gasteiger partial charge in [0.2, 0.25) is 5.91 Å². The first-order valence-electron chi connectivity index (χ1n) is 13.2. The predicted molar refractivity (Wildman–Crippen MR) is 150 cm³/mol. The molecule has 0 radical (unpaired) electrons. The molecule has 0 atom stereocenters. The maximum Gasteiger partial charge on any atom is 0.238 e. The molecule has 1 saturated heterocycles. The topological polar surface area (TPSA) is 84.5 Å². The number of morpholine rings is 1. The third-order valence-electron chi connectivity index (χ3n) is 6.33. The SMILES string of the molecule is CC(C)CN(CC(C)C)c1ccc(-c2ccccc2C2=NNN(C)N2)cc1NC(=O)CN1CCOCC1. The monoisotopic (exact) mass is 507 g/mol. The normalized spacial score (nSPS) is 16.5. The van der Waals surface area contributed by atoms with Crippen LogP contribution in [0, 0.1) is 11.8 Å². The van der Waals surface area contributed by atoms with E-state index in [0.29, 0.717) is 31.6 Å². The van der Waals surface area contributed by atoms with Crippen LogP contribution in [0.25, 0.3) is 11.1 Å². The van der Waals surface area contributed by atoms with E-state index in [0.717, 1.165) is 60.1 Å². The standard InChI is InChI=1S/C28H41N7O2/c1-20(2)17-35(18-21(3)4)26-11-10-22(16-25(26)29-27(36)19-34-12-14-37-15-13-34)23-8-6-7-9-24(23)28-30-32-33(5)31-28/h6-11,16,20-21,32H,12-15,17-19H2,1-5H3,(H,29,36)(H,30,31). The third kappa shape index (κ3) is 7.21. The highest BCUT2D eigenvalue weighted by Crippen LogP contribution is 2.34. The van der Waals surface area contributed by atoms with E-state index in [1.807, 2.05) is 19.2 Å². The summed E-state index contributed by atoms with van der Waals surface area (Å²) in [5.41, 5.74) is 11.1. The number of rotatable bonds is 10. The summed E-state index contributed by atoms with van der Waals surface area (Å²) < 4.78 is 5.45. The van der Waals surface area contributed by atoms with Crippen molar-refractivity contribution < 1.29 is 9.53 Å². The number of carbonyl (C=O) groups is 1. The molecule has 0 aliphatic carbocycles. The van der Waals surface area contributed by atoms with Gasteiger partial charge < -0.3 is 15.0 Å². The number of amides is 1. The van der Waals surface area contributed by atoms with E-state index in [1.165, 1.54) is 0 Å². The summed E-state index contributed by atoms with van der Waals surface area (Å²) in [6.07, 6.45) is 0. The van der Waals surface area contributed by atoms with Crippen molar-refractivity contribution in [2.24, 2.45) is 16.9 Å². The first-order chi connectivity index (χ1) is 17.8.